The molecule has 2 aliphatic heterocycles. The van der Waals surface area contributed by atoms with Crippen molar-refractivity contribution in [3.8, 4) is 5.75 Å². The van der Waals surface area contributed by atoms with E-state index in [1.165, 1.54) is 29.3 Å². The molecule has 4 N–H and O–H groups in total. The lowest BCUT2D eigenvalue weighted by atomic mass is 9.86. The van der Waals surface area contributed by atoms with Gasteiger partial charge in [0.2, 0.25) is 5.54 Å². The molecule has 3 heterocycles. The van der Waals surface area contributed by atoms with Gasteiger partial charge in [-0.15, -0.1) is 11.3 Å². The normalized spacial score (nSPS) is 17.9. The van der Waals surface area contributed by atoms with Crippen molar-refractivity contribution in [2.75, 3.05) is 38.3 Å². The van der Waals surface area contributed by atoms with E-state index in [0.717, 1.165) is 37.0 Å². The predicted molar refractivity (Wildman–Crippen MR) is 159 cm³/mol. The monoisotopic (exact) mass is 612 g/mol. The fourth-order valence-electron chi connectivity index (χ4n) is 5.58. The van der Waals surface area contributed by atoms with Crippen molar-refractivity contribution >= 4 is 28.8 Å². The summed E-state index contributed by atoms with van der Waals surface area (Å²) in [5, 5.41) is 14.1. The number of unbranched alkanes of at least 4 members (excludes halogenated alkanes) is 1. The minimum atomic E-state index is -1.94. The fourth-order valence-corrected chi connectivity index (χ4v) is 6.45. The number of benzene rings is 2. The van der Waals surface area contributed by atoms with E-state index in [1.807, 2.05) is 18.2 Å². The van der Waals surface area contributed by atoms with E-state index in [2.05, 4.69) is 10.3 Å². The van der Waals surface area contributed by atoms with Crippen molar-refractivity contribution < 1.29 is 33.3 Å². The van der Waals surface area contributed by atoms with Crippen LogP contribution in [0.25, 0.3) is 0 Å². The van der Waals surface area contributed by atoms with E-state index in [9.17, 15) is 14.0 Å². The van der Waals surface area contributed by atoms with Crippen molar-refractivity contribution in [3.05, 3.63) is 75.5 Å². The molecule has 1 aromatic heterocycles. The molecule has 2 unspecified atom stereocenters. The fraction of sp³-hybridized carbons (Fsp3) is 0.452. The van der Waals surface area contributed by atoms with E-state index in [-0.39, 0.29) is 29.5 Å². The summed E-state index contributed by atoms with van der Waals surface area (Å²) < 4.78 is 32.4. The molecule has 0 radical (unpaired) electrons. The Bertz CT molecular complexity index is 1400. The van der Waals surface area contributed by atoms with Crippen molar-refractivity contribution in [1.29, 1.82) is 0 Å². The average Bonchev–Trinajstić information content (AvgIpc) is 3.66. The van der Waals surface area contributed by atoms with Gasteiger partial charge in [0.15, 0.2) is 6.29 Å². The van der Waals surface area contributed by atoms with Gasteiger partial charge in [-0.2, -0.15) is 0 Å². The number of thiazole rings is 1. The quantitative estimate of drug-likeness (QED) is 0.218. The summed E-state index contributed by atoms with van der Waals surface area (Å²) >= 11 is 1.16. The van der Waals surface area contributed by atoms with E-state index in [0.29, 0.717) is 56.0 Å². The Labute approximate surface area is 254 Å². The molecular weight excluding hydrogens is 575 g/mol. The Balaban J connectivity index is 1.47. The first-order valence-corrected chi connectivity index (χ1v) is 15.5. The number of nitrogens with zero attached hydrogens (tertiary/aromatic N) is 2. The average molecular weight is 613 g/mol. The molecule has 0 spiro atoms. The first kappa shape index (κ1) is 30.9. The zero-order chi connectivity index (χ0) is 30.2. The molecule has 12 heteroatoms. The van der Waals surface area contributed by atoms with Crippen LogP contribution in [-0.2, 0) is 26.4 Å². The molecular formula is C31H37FN4O6S. The van der Waals surface area contributed by atoms with Crippen LogP contribution in [0.2, 0.25) is 0 Å². The highest BCUT2D eigenvalue weighted by Gasteiger charge is 2.55. The molecule has 0 saturated carbocycles. The van der Waals surface area contributed by atoms with Crippen LogP contribution >= 0.6 is 11.3 Å². The van der Waals surface area contributed by atoms with E-state index >= 15 is 0 Å². The molecule has 2 atom stereocenters. The number of primary amides is 1. The van der Waals surface area contributed by atoms with Crippen LogP contribution in [0.15, 0.2) is 48.0 Å². The highest BCUT2D eigenvalue weighted by atomic mass is 32.1. The Morgan fingerprint density at radius 3 is 2.84 bits per heavy atom. The molecule has 2 aromatic carbocycles. The van der Waals surface area contributed by atoms with Gasteiger partial charge in [0, 0.05) is 62.2 Å². The number of anilines is 1. The highest BCUT2D eigenvalue weighted by Crippen LogP contribution is 2.47. The number of fused-ring (bicyclic) bond motifs is 1. The van der Waals surface area contributed by atoms with Crippen molar-refractivity contribution in [2.24, 2.45) is 5.73 Å². The number of ether oxygens (including phenoxy) is 3. The van der Waals surface area contributed by atoms with Crippen LogP contribution in [0.5, 0.6) is 5.75 Å². The van der Waals surface area contributed by atoms with Crippen LogP contribution in [0.4, 0.5) is 10.1 Å². The summed E-state index contributed by atoms with van der Waals surface area (Å²) in [6.45, 7) is 2.40. The van der Waals surface area contributed by atoms with E-state index in [4.69, 9.17) is 25.1 Å². The van der Waals surface area contributed by atoms with E-state index in [1.54, 1.807) is 5.38 Å². The number of hydrogen-bond donors (Lipinski definition) is 3. The molecule has 2 amide bonds. The third-order valence-corrected chi connectivity index (χ3v) is 8.53. The number of amides is 2. The zero-order valence-electron chi connectivity index (χ0n) is 23.9. The topological polar surface area (TPSA) is 136 Å². The number of rotatable bonds is 15. The smallest absolute Gasteiger partial charge is 0.258 e. The van der Waals surface area contributed by atoms with Gasteiger partial charge >= 0.3 is 0 Å². The maximum Gasteiger partial charge on any atom is 0.258 e. The number of nitrogens with one attached hydrogen (secondary N) is 1. The summed E-state index contributed by atoms with van der Waals surface area (Å²) in [4.78, 5) is 33.9. The number of aliphatic hydroxyl groups excluding tert-OH is 1. The van der Waals surface area contributed by atoms with Gasteiger partial charge in [0.25, 0.3) is 11.8 Å². The third-order valence-electron chi connectivity index (χ3n) is 7.65. The second-order valence-corrected chi connectivity index (χ2v) is 11.4. The van der Waals surface area contributed by atoms with Crippen LogP contribution in [0, 0.1) is 5.82 Å². The lowest BCUT2D eigenvalue weighted by Gasteiger charge is -2.39. The van der Waals surface area contributed by atoms with Crippen LogP contribution in [0.3, 0.4) is 0 Å². The minimum absolute atomic E-state index is 0.0563. The Morgan fingerprint density at radius 2 is 2.09 bits per heavy atom. The zero-order valence-corrected chi connectivity index (χ0v) is 24.7. The molecule has 1 fully saturated rings. The molecule has 3 aromatic rings. The molecule has 0 bridgehead atoms. The van der Waals surface area contributed by atoms with Gasteiger partial charge in [0.1, 0.15) is 16.6 Å². The Kier molecular flexibility index (Phi) is 10.2. The predicted octanol–water partition coefficient (Wildman–Crippen LogP) is 4.16. The molecule has 230 valence electrons. The van der Waals surface area contributed by atoms with Crippen molar-refractivity contribution in [1.82, 2.24) is 9.88 Å². The van der Waals surface area contributed by atoms with Crippen molar-refractivity contribution in [2.45, 2.75) is 56.9 Å². The lowest BCUT2D eigenvalue weighted by molar-refractivity contribution is -0.128. The largest absolute Gasteiger partial charge is 0.465 e. The SMILES string of the molecule is NC(=O)C(c1nccs1)(c1cc(F)ccc1OC1CCCCO1)N1Cc2cccc(NCCCCOCCCO)c2C1=O. The minimum Gasteiger partial charge on any atom is -0.465 e. The second-order valence-electron chi connectivity index (χ2n) is 10.5. The molecule has 5 rings (SSSR count). The summed E-state index contributed by atoms with van der Waals surface area (Å²) in [5.74, 6) is -1.71. The summed E-state index contributed by atoms with van der Waals surface area (Å²) in [6, 6.07) is 9.40. The first-order chi connectivity index (χ1) is 21.0. The van der Waals surface area contributed by atoms with Gasteiger partial charge in [-0.1, -0.05) is 12.1 Å². The molecule has 1 saturated heterocycles. The first-order valence-electron chi connectivity index (χ1n) is 14.6. The second kappa shape index (κ2) is 14.3. The number of nitrogens with two attached hydrogens (primary N) is 1. The molecule has 2 aliphatic rings. The van der Waals surface area contributed by atoms with Gasteiger partial charge in [-0.3, -0.25) is 9.59 Å². The van der Waals surface area contributed by atoms with Gasteiger partial charge in [-0.05, 0) is 61.9 Å². The molecule has 43 heavy (non-hydrogen) atoms. The maximum absolute atomic E-state index is 15.0. The van der Waals surface area contributed by atoms with Gasteiger partial charge in [0.05, 0.1) is 12.2 Å². The van der Waals surface area contributed by atoms with Crippen LogP contribution in [-0.4, -0.2) is 66.1 Å². The molecule has 0 aliphatic carbocycles. The van der Waals surface area contributed by atoms with Crippen LogP contribution in [0.1, 0.15) is 65.0 Å². The number of hydrogen-bond acceptors (Lipinski definition) is 9. The van der Waals surface area contributed by atoms with Gasteiger partial charge in [-0.25, -0.2) is 9.37 Å². The third kappa shape index (κ3) is 6.52. The number of carbonyl (C=O) groups is 2. The standard InChI is InChI=1S/C31H37FN4O6S/c32-22-10-11-25(42-26-9-1-3-17-41-26)23(19-22)31(29(33)39,30-35-13-18-43-30)36-20-21-7-5-8-24(27(21)28(36)38)34-12-2-4-15-40-16-6-14-37/h5,7-8,10-11,13,18-19,26,34,37H,1-4,6,9,12,14-17,20H2,(H2,33,39). The lowest BCUT2D eigenvalue weighted by Crippen LogP contribution is -2.56. The van der Waals surface area contributed by atoms with Crippen LogP contribution < -0.4 is 15.8 Å². The maximum atomic E-state index is 15.0. The highest BCUT2D eigenvalue weighted by molar-refractivity contribution is 7.09. The Hall–Kier alpha value is -3.58. The number of halogens is 1. The Morgan fingerprint density at radius 1 is 1.23 bits per heavy atom. The summed E-state index contributed by atoms with van der Waals surface area (Å²) in [6.07, 6.45) is 5.62. The number of carbonyl (C=O) groups excluding carboxylic acids is 2. The molecule has 10 nitrogen and oxygen atoms in total. The summed E-state index contributed by atoms with van der Waals surface area (Å²) in [5.41, 5.74) is 6.13. The number of aromatic nitrogens is 1. The van der Waals surface area contributed by atoms with Gasteiger partial charge < -0.3 is 35.3 Å². The van der Waals surface area contributed by atoms with E-state index < -0.39 is 29.5 Å². The summed E-state index contributed by atoms with van der Waals surface area (Å²) in [7, 11) is 0. The van der Waals surface area contributed by atoms with Crippen molar-refractivity contribution in [3.63, 3.8) is 0 Å². The number of aliphatic hydroxyl groups is 1.